The molecule has 0 spiro atoms. The second-order valence-electron chi connectivity index (χ2n) is 3.07. The zero-order chi connectivity index (χ0) is 10.8. The van der Waals surface area contributed by atoms with Gasteiger partial charge in [0, 0.05) is 18.8 Å². The van der Waals surface area contributed by atoms with Crippen molar-refractivity contribution in [2.75, 3.05) is 0 Å². The molecule has 0 unspecified atom stereocenters. The summed E-state index contributed by atoms with van der Waals surface area (Å²) in [7, 11) is 1.81. The molecule has 0 aliphatic rings. The summed E-state index contributed by atoms with van der Waals surface area (Å²) in [5.41, 5.74) is 0.758. The molecule has 78 valence electrons. The van der Waals surface area contributed by atoms with Crippen molar-refractivity contribution in [1.82, 2.24) is 19.7 Å². The molecule has 15 heavy (non-hydrogen) atoms. The SMILES string of the molecule is Cc1cc(Oc2cnn(C)c2)nc(Cl)n1. The lowest BCUT2D eigenvalue weighted by Crippen LogP contribution is -1.91. The molecule has 0 aromatic carbocycles. The number of hydrogen-bond donors (Lipinski definition) is 0. The minimum Gasteiger partial charge on any atom is -0.436 e. The summed E-state index contributed by atoms with van der Waals surface area (Å²) in [4.78, 5) is 7.87. The molecule has 0 radical (unpaired) electrons. The van der Waals surface area contributed by atoms with Crippen molar-refractivity contribution in [2.45, 2.75) is 6.92 Å². The molecule has 2 heterocycles. The Morgan fingerprint density at radius 2 is 2.20 bits per heavy atom. The topological polar surface area (TPSA) is 52.8 Å². The number of nitrogens with zero attached hydrogens (tertiary/aromatic N) is 4. The fourth-order valence-corrected chi connectivity index (χ4v) is 1.35. The maximum atomic E-state index is 5.70. The summed E-state index contributed by atoms with van der Waals surface area (Å²) in [6, 6.07) is 1.71. The van der Waals surface area contributed by atoms with Crippen LogP contribution in [0.1, 0.15) is 5.69 Å². The molecule has 0 N–H and O–H groups in total. The lowest BCUT2D eigenvalue weighted by Gasteiger charge is -2.02. The van der Waals surface area contributed by atoms with Gasteiger partial charge in [0.05, 0.1) is 12.4 Å². The molecule has 5 nitrogen and oxygen atoms in total. The van der Waals surface area contributed by atoms with E-state index >= 15 is 0 Å². The molecule has 0 bridgehead atoms. The monoisotopic (exact) mass is 224 g/mol. The molecule has 0 saturated heterocycles. The normalized spacial score (nSPS) is 10.3. The average molecular weight is 225 g/mol. The average Bonchev–Trinajstić information content (AvgIpc) is 2.49. The van der Waals surface area contributed by atoms with Crippen LogP contribution < -0.4 is 4.74 Å². The van der Waals surface area contributed by atoms with Gasteiger partial charge in [0.25, 0.3) is 0 Å². The van der Waals surface area contributed by atoms with E-state index in [1.807, 2.05) is 14.0 Å². The van der Waals surface area contributed by atoms with Gasteiger partial charge in [-0.3, -0.25) is 4.68 Å². The van der Waals surface area contributed by atoms with Crippen molar-refractivity contribution in [2.24, 2.45) is 7.05 Å². The first-order valence-electron chi connectivity index (χ1n) is 4.31. The number of rotatable bonds is 2. The van der Waals surface area contributed by atoms with E-state index in [0.29, 0.717) is 11.6 Å². The van der Waals surface area contributed by atoms with Gasteiger partial charge >= 0.3 is 0 Å². The molecule has 0 aliphatic heterocycles. The number of halogens is 1. The maximum absolute atomic E-state index is 5.70. The quantitative estimate of drug-likeness (QED) is 0.732. The van der Waals surface area contributed by atoms with Gasteiger partial charge < -0.3 is 4.74 Å². The number of ether oxygens (including phenoxy) is 1. The van der Waals surface area contributed by atoms with Crippen LogP contribution in [-0.2, 0) is 7.05 Å². The summed E-state index contributed by atoms with van der Waals surface area (Å²) < 4.78 is 7.09. The van der Waals surface area contributed by atoms with Gasteiger partial charge in [-0.1, -0.05) is 0 Å². The fraction of sp³-hybridized carbons (Fsp3) is 0.222. The van der Waals surface area contributed by atoms with E-state index in [1.165, 1.54) is 0 Å². The molecule has 0 aliphatic carbocycles. The molecule has 2 rings (SSSR count). The first-order chi connectivity index (χ1) is 7.13. The Morgan fingerprint density at radius 1 is 1.40 bits per heavy atom. The highest BCUT2D eigenvalue weighted by atomic mass is 35.5. The highest BCUT2D eigenvalue weighted by molar-refractivity contribution is 6.28. The zero-order valence-electron chi connectivity index (χ0n) is 8.31. The maximum Gasteiger partial charge on any atom is 0.225 e. The van der Waals surface area contributed by atoms with Gasteiger partial charge in [0.15, 0.2) is 5.75 Å². The molecule has 6 heteroatoms. The molecule has 0 fully saturated rings. The van der Waals surface area contributed by atoms with Crippen LogP contribution in [-0.4, -0.2) is 19.7 Å². The van der Waals surface area contributed by atoms with E-state index in [4.69, 9.17) is 16.3 Å². The van der Waals surface area contributed by atoms with Gasteiger partial charge in [-0.25, -0.2) is 4.98 Å². The third kappa shape index (κ3) is 2.44. The first-order valence-corrected chi connectivity index (χ1v) is 4.69. The van der Waals surface area contributed by atoms with E-state index in [0.717, 1.165) is 5.69 Å². The van der Waals surface area contributed by atoms with Crippen LogP contribution in [0.4, 0.5) is 0 Å². The summed E-state index contributed by atoms with van der Waals surface area (Å²) >= 11 is 5.70. The minimum absolute atomic E-state index is 0.175. The highest BCUT2D eigenvalue weighted by Crippen LogP contribution is 2.19. The van der Waals surface area contributed by atoms with E-state index < -0.39 is 0 Å². The smallest absolute Gasteiger partial charge is 0.225 e. The predicted molar refractivity (Wildman–Crippen MR) is 55.1 cm³/mol. The van der Waals surface area contributed by atoms with Crippen molar-refractivity contribution in [3.63, 3.8) is 0 Å². The summed E-state index contributed by atoms with van der Waals surface area (Å²) in [5, 5.41) is 4.15. The molecular weight excluding hydrogens is 216 g/mol. The third-order valence-corrected chi connectivity index (χ3v) is 1.88. The summed E-state index contributed by atoms with van der Waals surface area (Å²) in [6.45, 7) is 1.82. The Balaban J connectivity index is 2.24. The molecule has 2 aromatic rings. The molecule has 0 amide bonds. The molecule has 0 saturated carbocycles. The Labute approximate surface area is 91.7 Å². The fourth-order valence-electron chi connectivity index (χ4n) is 1.13. The van der Waals surface area contributed by atoms with Crippen molar-refractivity contribution >= 4 is 11.6 Å². The van der Waals surface area contributed by atoms with Crippen LogP contribution in [0, 0.1) is 6.92 Å². The van der Waals surface area contributed by atoms with Gasteiger partial charge in [-0.2, -0.15) is 10.1 Å². The number of hydrogen-bond acceptors (Lipinski definition) is 4. The Hall–Kier alpha value is -1.62. The van der Waals surface area contributed by atoms with Crippen LogP contribution in [0.3, 0.4) is 0 Å². The standard InChI is InChI=1S/C9H9ClN4O/c1-6-3-8(13-9(10)12-6)15-7-4-11-14(2)5-7/h3-5H,1-2H3. The van der Waals surface area contributed by atoms with Gasteiger partial charge in [0.2, 0.25) is 11.2 Å². The van der Waals surface area contributed by atoms with Crippen LogP contribution in [0.15, 0.2) is 18.5 Å². The van der Waals surface area contributed by atoms with Gasteiger partial charge in [-0.05, 0) is 18.5 Å². The van der Waals surface area contributed by atoms with Crippen LogP contribution in [0.2, 0.25) is 5.28 Å². The Morgan fingerprint density at radius 3 is 2.80 bits per heavy atom. The lowest BCUT2D eigenvalue weighted by molar-refractivity contribution is 0.460. The van der Waals surface area contributed by atoms with Crippen LogP contribution in [0.5, 0.6) is 11.6 Å². The predicted octanol–water partition coefficient (Wildman–Crippen LogP) is 1.96. The van der Waals surface area contributed by atoms with Crippen molar-refractivity contribution in [3.8, 4) is 11.6 Å². The zero-order valence-corrected chi connectivity index (χ0v) is 9.06. The largest absolute Gasteiger partial charge is 0.436 e. The Kier molecular flexibility index (Phi) is 2.55. The van der Waals surface area contributed by atoms with Crippen molar-refractivity contribution in [3.05, 3.63) is 29.4 Å². The summed E-state index contributed by atoms with van der Waals surface area (Å²) in [5.74, 6) is 1.03. The lowest BCUT2D eigenvalue weighted by atomic mass is 10.4. The van der Waals surface area contributed by atoms with Gasteiger partial charge in [-0.15, -0.1) is 0 Å². The van der Waals surface area contributed by atoms with E-state index in [9.17, 15) is 0 Å². The van der Waals surface area contributed by atoms with Gasteiger partial charge in [0.1, 0.15) is 0 Å². The third-order valence-electron chi connectivity index (χ3n) is 1.71. The molecular formula is C9H9ClN4O. The van der Waals surface area contributed by atoms with Crippen LogP contribution >= 0.6 is 11.6 Å². The highest BCUT2D eigenvalue weighted by Gasteiger charge is 2.03. The van der Waals surface area contributed by atoms with Crippen molar-refractivity contribution < 1.29 is 4.74 Å². The van der Waals surface area contributed by atoms with E-state index in [-0.39, 0.29) is 5.28 Å². The van der Waals surface area contributed by atoms with Crippen molar-refractivity contribution in [1.29, 1.82) is 0 Å². The molecule has 0 atom stereocenters. The second kappa shape index (κ2) is 3.86. The molecule has 2 aromatic heterocycles. The minimum atomic E-state index is 0.175. The number of aryl methyl sites for hydroxylation is 2. The van der Waals surface area contributed by atoms with E-state index in [2.05, 4.69) is 15.1 Å². The van der Waals surface area contributed by atoms with Crippen LogP contribution in [0.25, 0.3) is 0 Å². The van der Waals surface area contributed by atoms with E-state index in [1.54, 1.807) is 23.1 Å². The Bertz CT molecular complexity index is 462. The summed E-state index contributed by atoms with van der Waals surface area (Å²) in [6.07, 6.45) is 3.34. The first kappa shape index (κ1) is 9.92. The number of aromatic nitrogens is 4. The second-order valence-corrected chi connectivity index (χ2v) is 3.41.